The number of sulfone groups is 1. The number of aromatic amines is 1. The Labute approximate surface area is 211 Å². The van der Waals surface area contributed by atoms with E-state index in [-0.39, 0.29) is 29.1 Å². The van der Waals surface area contributed by atoms with E-state index in [0.29, 0.717) is 38.8 Å². The molecule has 1 aliphatic heterocycles. The largest absolute Gasteiger partial charge is 0.356 e. The highest BCUT2D eigenvalue weighted by Crippen LogP contribution is 2.46. The topological polar surface area (TPSA) is 95.5 Å². The van der Waals surface area contributed by atoms with E-state index in [1.54, 1.807) is 44.5 Å². The van der Waals surface area contributed by atoms with Gasteiger partial charge < -0.3 is 19.4 Å². The van der Waals surface area contributed by atoms with E-state index in [2.05, 4.69) is 4.98 Å². The van der Waals surface area contributed by atoms with Crippen LogP contribution in [0.15, 0.2) is 47.5 Å². The molecule has 5 rings (SSSR count). The number of halogens is 2. The van der Waals surface area contributed by atoms with Gasteiger partial charge in [0.05, 0.1) is 29.2 Å². The molecular weight excluding hydrogens is 502 g/mol. The Morgan fingerprint density at radius 1 is 1.14 bits per heavy atom. The molecule has 11 heteroatoms. The summed E-state index contributed by atoms with van der Waals surface area (Å²) in [5.41, 5.74) is 2.63. The summed E-state index contributed by atoms with van der Waals surface area (Å²) >= 11 is 0. The number of nitrogens with zero attached hydrogens (tertiary/aromatic N) is 3. The lowest BCUT2D eigenvalue weighted by molar-refractivity contribution is 0.0828. The molecule has 0 saturated carbocycles. The maximum absolute atomic E-state index is 15.2. The number of aryl methyl sites for hydroxylation is 1. The first-order chi connectivity index (χ1) is 17.4. The lowest BCUT2D eigenvalue weighted by Gasteiger charge is -2.29. The summed E-state index contributed by atoms with van der Waals surface area (Å²) in [5.74, 6) is -2.33. The number of benzene rings is 2. The molecule has 192 valence electrons. The molecule has 0 spiro atoms. The number of anilines is 2. The molecule has 4 aromatic rings. The second-order valence-electron chi connectivity index (χ2n) is 9.51. The van der Waals surface area contributed by atoms with Crippen molar-refractivity contribution >= 4 is 38.0 Å². The van der Waals surface area contributed by atoms with Crippen molar-refractivity contribution in [2.75, 3.05) is 25.3 Å². The summed E-state index contributed by atoms with van der Waals surface area (Å²) in [6.45, 7) is 0.0643. The van der Waals surface area contributed by atoms with Crippen LogP contribution in [0.25, 0.3) is 22.0 Å². The van der Waals surface area contributed by atoms with Gasteiger partial charge in [0.2, 0.25) is 0 Å². The van der Waals surface area contributed by atoms with E-state index in [1.807, 2.05) is 0 Å². The molecule has 1 amide bonds. The Kier molecular flexibility index (Phi) is 5.70. The van der Waals surface area contributed by atoms with Gasteiger partial charge >= 0.3 is 0 Å². The molecule has 0 atom stereocenters. The van der Waals surface area contributed by atoms with Crippen molar-refractivity contribution in [1.82, 2.24) is 14.5 Å². The summed E-state index contributed by atoms with van der Waals surface area (Å²) < 4.78 is 54.9. The van der Waals surface area contributed by atoms with Crippen LogP contribution in [0.1, 0.15) is 21.5 Å². The van der Waals surface area contributed by atoms with Crippen molar-refractivity contribution in [3.8, 4) is 11.1 Å². The highest BCUT2D eigenvalue weighted by atomic mass is 32.2. The number of amides is 1. The number of fused-ring (bicyclic) bond motifs is 2. The van der Waals surface area contributed by atoms with Gasteiger partial charge in [0, 0.05) is 62.4 Å². The van der Waals surface area contributed by atoms with Gasteiger partial charge in [0.1, 0.15) is 17.2 Å². The Hall–Kier alpha value is -3.99. The first-order valence-corrected chi connectivity index (χ1v) is 13.4. The van der Waals surface area contributed by atoms with Crippen molar-refractivity contribution in [3.05, 3.63) is 81.4 Å². The normalized spacial score (nSPS) is 13.0. The maximum Gasteiger partial charge on any atom is 0.274 e. The standard InChI is InChI=1S/C26H24F2N4O4S/c1-30(2)25(33)18-8-14(13-37(4,35)36)7-17-19-12-31(3)26(34)23-22(19)15(10-29-23)11-32(24(17)18)21-6-5-16(27)9-20(21)28/h5-10,12,29H,11,13H2,1-4H3. The summed E-state index contributed by atoms with van der Waals surface area (Å²) in [6.07, 6.45) is 4.38. The van der Waals surface area contributed by atoms with Crippen molar-refractivity contribution in [2.24, 2.45) is 7.05 Å². The Bertz CT molecular complexity index is 1770. The smallest absolute Gasteiger partial charge is 0.274 e. The zero-order valence-corrected chi connectivity index (χ0v) is 21.4. The number of pyridine rings is 1. The predicted octanol–water partition coefficient (Wildman–Crippen LogP) is 3.71. The fourth-order valence-electron chi connectivity index (χ4n) is 4.90. The molecule has 0 bridgehead atoms. The van der Waals surface area contributed by atoms with Crippen LogP contribution in [-0.2, 0) is 29.2 Å². The zero-order valence-electron chi connectivity index (χ0n) is 20.6. The van der Waals surface area contributed by atoms with Gasteiger partial charge in [-0.05, 0) is 35.4 Å². The lowest BCUT2D eigenvalue weighted by atomic mass is 9.95. The van der Waals surface area contributed by atoms with E-state index < -0.39 is 27.4 Å². The van der Waals surface area contributed by atoms with E-state index >= 15 is 4.39 Å². The molecule has 0 saturated heterocycles. The number of aromatic nitrogens is 2. The fourth-order valence-corrected chi connectivity index (χ4v) is 5.67. The first kappa shape index (κ1) is 24.7. The van der Waals surface area contributed by atoms with Crippen LogP contribution < -0.4 is 10.5 Å². The van der Waals surface area contributed by atoms with Crippen molar-refractivity contribution in [1.29, 1.82) is 0 Å². The average Bonchev–Trinajstić information content (AvgIpc) is 3.17. The van der Waals surface area contributed by atoms with Crippen molar-refractivity contribution in [3.63, 3.8) is 0 Å². The van der Waals surface area contributed by atoms with Gasteiger partial charge in [0.25, 0.3) is 11.5 Å². The molecule has 2 aromatic carbocycles. The third kappa shape index (κ3) is 4.18. The fraction of sp³-hybridized carbons (Fsp3) is 0.231. The molecule has 0 unspecified atom stereocenters. The number of hydrogen-bond acceptors (Lipinski definition) is 5. The molecule has 2 aromatic heterocycles. The van der Waals surface area contributed by atoms with Gasteiger partial charge in [-0.25, -0.2) is 17.2 Å². The first-order valence-electron chi connectivity index (χ1n) is 11.3. The third-order valence-electron chi connectivity index (χ3n) is 6.41. The SMILES string of the molecule is CN(C)C(=O)c1cc(CS(C)(=O)=O)cc2c1N(c1ccc(F)cc1F)Cc1c[nH]c3c(=O)n(C)cc-2c13. The summed E-state index contributed by atoms with van der Waals surface area (Å²) in [7, 11) is 1.24. The van der Waals surface area contributed by atoms with Crippen LogP contribution in [0.5, 0.6) is 0 Å². The third-order valence-corrected chi connectivity index (χ3v) is 7.27. The second kappa shape index (κ2) is 8.55. The molecule has 0 aliphatic carbocycles. The Balaban J connectivity index is 1.96. The number of nitrogens with one attached hydrogen (secondary N) is 1. The van der Waals surface area contributed by atoms with Crippen molar-refractivity contribution in [2.45, 2.75) is 12.3 Å². The van der Waals surface area contributed by atoms with E-state index in [9.17, 15) is 22.4 Å². The molecule has 37 heavy (non-hydrogen) atoms. The van der Waals surface area contributed by atoms with Crippen LogP contribution in [0.4, 0.5) is 20.2 Å². The number of H-pyrrole nitrogens is 1. The highest BCUT2D eigenvalue weighted by Gasteiger charge is 2.32. The highest BCUT2D eigenvalue weighted by molar-refractivity contribution is 7.89. The number of carbonyl (C=O) groups is 1. The molecular formula is C26H24F2N4O4S. The second-order valence-corrected chi connectivity index (χ2v) is 11.7. The Morgan fingerprint density at radius 2 is 1.86 bits per heavy atom. The van der Waals surface area contributed by atoms with Gasteiger partial charge in [0.15, 0.2) is 9.84 Å². The summed E-state index contributed by atoms with van der Waals surface area (Å²) in [5, 5.41) is 0.592. The minimum atomic E-state index is -3.47. The number of carbonyl (C=O) groups excluding carboxylic acids is 1. The maximum atomic E-state index is 15.2. The monoisotopic (exact) mass is 526 g/mol. The minimum Gasteiger partial charge on any atom is -0.356 e. The van der Waals surface area contributed by atoms with Gasteiger partial charge in [-0.2, -0.15) is 0 Å². The van der Waals surface area contributed by atoms with Crippen molar-refractivity contribution < 1.29 is 22.0 Å². The van der Waals surface area contributed by atoms with Gasteiger partial charge in [-0.1, -0.05) is 0 Å². The molecule has 0 radical (unpaired) electrons. The molecule has 8 nitrogen and oxygen atoms in total. The molecule has 1 aliphatic rings. The quantitative estimate of drug-likeness (QED) is 0.438. The van der Waals surface area contributed by atoms with E-state index in [0.717, 1.165) is 18.4 Å². The number of hydrogen-bond donors (Lipinski definition) is 1. The predicted molar refractivity (Wildman–Crippen MR) is 138 cm³/mol. The Morgan fingerprint density at radius 3 is 2.51 bits per heavy atom. The summed E-state index contributed by atoms with van der Waals surface area (Å²) in [4.78, 5) is 32.3. The minimum absolute atomic E-state index is 0.0280. The van der Waals surface area contributed by atoms with Crippen LogP contribution in [0, 0.1) is 11.6 Å². The average molecular weight is 527 g/mol. The van der Waals surface area contributed by atoms with Crippen LogP contribution >= 0.6 is 0 Å². The summed E-state index contributed by atoms with van der Waals surface area (Å²) in [6, 6.07) is 6.34. The molecule has 0 fully saturated rings. The van der Waals surface area contributed by atoms with Crippen LogP contribution in [0.3, 0.4) is 0 Å². The van der Waals surface area contributed by atoms with Crippen LogP contribution in [-0.4, -0.2) is 49.1 Å². The molecule has 3 heterocycles. The number of rotatable bonds is 4. The van der Waals surface area contributed by atoms with E-state index in [1.165, 1.54) is 21.6 Å². The zero-order chi connectivity index (χ0) is 26.8. The van der Waals surface area contributed by atoms with Gasteiger partial charge in [-0.3, -0.25) is 9.59 Å². The molecule has 1 N–H and O–H groups in total. The van der Waals surface area contributed by atoms with E-state index in [4.69, 9.17) is 0 Å². The lowest BCUT2D eigenvalue weighted by Crippen LogP contribution is -2.27. The van der Waals surface area contributed by atoms with Gasteiger partial charge in [-0.15, -0.1) is 0 Å². The van der Waals surface area contributed by atoms with Crippen LogP contribution in [0.2, 0.25) is 0 Å².